The number of nitrogens with one attached hydrogen (secondary N) is 1. The van der Waals surface area contributed by atoms with Gasteiger partial charge in [0.25, 0.3) is 0 Å². The summed E-state index contributed by atoms with van der Waals surface area (Å²) >= 11 is 0. The molecule has 0 atom stereocenters. The molecule has 0 saturated heterocycles. The molecule has 0 aliphatic heterocycles. The predicted molar refractivity (Wildman–Crippen MR) is 68.9 cm³/mol. The average molecular weight is 243 g/mol. The first-order valence-electron chi connectivity index (χ1n) is 5.49. The van der Waals surface area contributed by atoms with Crippen LogP contribution in [0.5, 0.6) is 11.5 Å². The lowest BCUT2D eigenvalue weighted by Crippen LogP contribution is -2.17. The normalized spacial score (nSPS) is 9.83. The SMILES string of the molecule is Cc1c(O)cccc1NC(=O)Oc1ccccc1. The molecule has 1 amide bonds. The van der Waals surface area contributed by atoms with Crippen LogP contribution < -0.4 is 10.1 Å². The molecule has 4 nitrogen and oxygen atoms in total. The molecule has 4 heteroatoms. The summed E-state index contributed by atoms with van der Waals surface area (Å²) in [5.74, 6) is 0.598. The highest BCUT2D eigenvalue weighted by Crippen LogP contribution is 2.24. The molecule has 18 heavy (non-hydrogen) atoms. The van der Waals surface area contributed by atoms with Gasteiger partial charge in [-0.2, -0.15) is 0 Å². The summed E-state index contributed by atoms with van der Waals surface area (Å²) in [6.07, 6.45) is -0.588. The lowest BCUT2D eigenvalue weighted by atomic mass is 10.2. The number of phenolic OH excluding ortho intramolecular Hbond substituents is 1. The maximum atomic E-state index is 11.6. The first kappa shape index (κ1) is 12.0. The van der Waals surface area contributed by atoms with Crippen molar-refractivity contribution >= 4 is 11.8 Å². The number of hydrogen-bond donors (Lipinski definition) is 2. The van der Waals surface area contributed by atoms with Crippen molar-refractivity contribution in [3.8, 4) is 11.5 Å². The maximum absolute atomic E-state index is 11.6. The minimum absolute atomic E-state index is 0.132. The molecule has 0 heterocycles. The van der Waals surface area contributed by atoms with Crippen molar-refractivity contribution in [1.29, 1.82) is 0 Å². The van der Waals surface area contributed by atoms with Gasteiger partial charge in [0.2, 0.25) is 0 Å². The van der Waals surface area contributed by atoms with Gasteiger partial charge in [-0.05, 0) is 31.2 Å². The Morgan fingerprint density at radius 2 is 1.83 bits per heavy atom. The number of hydrogen-bond acceptors (Lipinski definition) is 3. The van der Waals surface area contributed by atoms with Crippen molar-refractivity contribution in [2.24, 2.45) is 0 Å². The van der Waals surface area contributed by atoms with Crippen molar-refractivity contribution in [1.82, 2.24) is 0 Å². The van der Waals surface area contributed by atoms with Gasteiger partial charge in [-0.15, -0.1) is 0 Å². The molecule has 0 aliphatic rings. The first-order chi connectivity index (χ1) is 8.66. The third kappa shape index (κ3) is 2.79. The molecule has 0 spiro atoms. The van der Waals surface area contributed by atoms with Crippen LogP contribution in [-0.2, 0) is 0 Å². The van der Waals surface area contributed by atoms with Crippen molar-refractivity contribution in [3.05, 3.63) is 54.1 Å². The second kappa shape index (κ2) is 5.23. The van der Waals surface area contributed by atoms with Crippen LogP contribution in [0.4, 0.5) is 10.5 Å². The number of benzene rings is 2. The van der Waals surface area contributed by atoms with Gasteiger partial charge in [0, 0.05) is 5.56 Å². The Balaban J connectivity index is 2.06. The molecule has 0 fully saturated rings. The third-order valence-corrected chi connectivity index (χ3v) is 2.50. The molecule has 0 bridgehead atoms. The topological polar surface area (TPSA) is 58.6 Å². The van der Waals surface area contributed by atoms with Gasteiger partial charge in [-0.25, -0.2) is 4.79 Å². The van der Waals surface area contributed by atoms with Gasteiger partial charge < -0.3 is 9.84 Å². The molecule has 0 saturated carbocycles. The van der Waals surface area contributed by atoms with Crippen LogP contribution in [0.3, 0.4) is 0 Å². The van der Waals surface area contributed by atoms with Crippen molar-refractivity contribution < 1.29 is 14.6 Å². The lowest BCUT2D eigenvalue weighted by molar-refractivity contribution is 0.215. The summed E-state index contributed by atoms with van der Waals surface area (Å²) < 4.78 is 5.08. The highest BCUT2D eigenvalue weighted by molar-refractivity contribution is 5.87. The van der Waals surface area contributed by atoms with Crippen LogP contribution in [0, 0.1) is 6.92 Å². The van der Waals surface area contributed by atoms with E-state index in [1.165, 1.54) is 0 Å². The van der Waals surface area contributed by atoms with Crippen molar-refractivity contribution in [2.45, 2.75) is 6.92 Å². The summed E-state index contributed by atoms with van der Waals surface area (Å²) in [5, 5.41) is 12.1. The van der Waals surface area contributed by atoms with Gasteiger partial charge in [0.15, 0.2) is 0 Å². The van der Waals surface area contributed by atoms with E-state index in [1.54, 1.807) is 49.4 Å². The van der Waals surface area contributed by atoms with E-state index in [-0.39, 0.29) is 5.75 Å². The number of carbonyl (C=O) groups is 1. The van der Waals surface area contributed by atoms with Crippen LogP contribution in [0.25, 0.3) is 0 Å². The van der Waals surface area contributed by atoms with Crippen LogP contribution >= 0.6 is 0 Å². The second-order valence-electron chi connectivity index (χ2n) is 3.78. The zero-order valence-electron chi connectivity index (χ0n) is 9.88. The number of aromatic hydroxyl groups is 1. The summed E-state index contributed by atoms with van der Waals surface area (Å²) in [6, 6.07) is 13.7. The molecular weight excluding hydrogens is 230 g/mol. The Morgan fingerprint density at radius 1 is 1.11 bits per heavy atom. The Kier molecular flexibility index (Phi) is 3.48. The van der Waals surface area contributed by atoms with Crippen LogP contribution in [0.15, 0.2) is 48.5 Å². The van der Waals surface area contributed by atoms with E-state index in [2.05, 4.69) is 5.32 Å². The number of anilines is 1. The van der Waals surface area contributed by atoms with Gasteiger partial charge in [0.1, 0.15) is 11.5 Å². The molecule has 2 N–H and O–H groups in total. The monoisotopic (exact) mass is 243 g/mol. The fourth-order valence-electron chi connectivity index (χ4n) is 1.49. The van der Waals surface area contributed by atoms with Crippen molar-refractivity contribution in [3.63, 3.8) is 0 Å². The maximum Gasteiger partial charge on any atom is 0.417 e. The quantitative estimate of drug-likeness (QED) is 0.850. The third-order valence-electron chi connectivity index (χ3n) is 2.50. The molecular formula is C14H13NO3. The van der Waals surface area contributed by atoms with Gasteiger partial charge >= 0.3 is 6.09 Å². The number of ether oxygens (including phenoxy) is 1. The van der Waals surface area contributed by atoms with E-state index in [0.29, 0.717) is 17.0 Å². The summed E-state index contributed by atoms with van der Waals surface area (Å²) in [6.45, 7) is 1.72. The summed E-state index contributed by atoms with van der Waals surface area (Å²) in [7, 11) is 0. The lowest BCUT2D eigenvalue weighted by Gasteiger charge is -2.09. The summed E-state index contributed by atoms with van der Waals surface area (Å²) in [5.41, 5.74) is 1.12. The second-order valence-corrected chi connectivity index (χ2v) is 3.78. The Hall–Kier alpha value is -2.49. The highest BCUT2D eigenvalue weighted by atomic mass is 16.6. The fourth-order valence-corrected chi connectivity index (χ4v) is 1.49. The standard InChI is InChI=1S/C14H13NO3/c1-10-12(8-5-9-13(10)16)15-14(17)18-11-6-3-2-4-7-11/h2-9,16H,1H3,(H,15,17). The average Bonchev–Trinajstić information content (AvgIpc) is 2.36. The first-order valence-corrected chi connectivity index (χ1v) is 5.49. The van der Waals surface area contributed by atoms with Gasteiger partial charge in [0.05, 0.1) is 5.69 Å². The number of rotatable bonds is 2. The Labute approximate surface area is 105 Å². The fraction of sp³-hybridized carbons (Fsp3) is 0.0714. The van der Waals surface area contributed by atoms with Crippen LogP contribution in [0.1, 0.15) is 5.56 Å². The van der Waals surface area contributed by atoms with E-state index < -0.39 is 6.09 Å². The molecule has 92 valence electrons. The zero-order valence-corrected chi connectivity index (χ0v) is 9.88. The predicted octanol–water partition coefficient (Wildman–Crippen LogP) is 3.31. The van der Waals surface area contributed by atoms with Gasteiger partial charge in [-0.1, -0.05) is 24.3 Å². The molecule has 2 aromatic rings. The largest absolute Gasteiger partial charge is 0.508 e. The van der Waals surface area contributed by atoms with Crippen LogP contribution in [0.2, 0.25) is 0 Å². The van der Waals surface area contributed by atoms with Crippen molar-refractivity contribution in [2.75, 3.05) is 5.32 Å². The van der Waals surface area contributed by atoms with E-state index in [0.717, 1.165) is 0 Å². The van der Waals surface area contributed by atoms with Gasteiger partial charge in [-0.3, -0.25) is 5.32 Å². The highest BCUT2D eigenvalue weighted by Gasteiger charge is 2.08. The summed E-state index contributed by atoms with van der Waals surface area (Å²) in [4.78, 5) is 11.6. The van der Waals surface area contributed by atoms with E-state index in [9.17, 15) is 9.90 Å². The number of phenols is 1. The Bertz CT molecular complexity index is 552. The zero-order chi connectivity index (χ0) is 13.0. The molecule has 0 aromatic heterocycles. The smallest absolute Gasteiger partial charge is 0.417 e. The minimum atomic E-state index is -0.588. The minimum Gasteiger partial charge on any atom is -0.508 e. The van der Waals surface area contributed by atoms with E-state index in [1.807, 2.05) is 6.07 Å². The number of carbonyl (C=O) groups excluding carboxylic acids is 1. The molecule has 0 radical (unpaired) electrons. The molecule has 0 aliphatic carbocycles. The van der Waals surface area contributed by atoms with Crippen LogP contribution in [-0.4, -0.2) is 11.2 Å². The number of para-hydroxylation sites is 1. The molecule has 0 unspecified atom stereocenters. The van der Waals surface area contributed by atoms with E-state index >= 15 is 0 Å². The van der Waals surface area contributed by atoms with E-state index in [4.69, 9.17) is 4.74 Å². The number of amides is 1. The Morgan fingerprint density at radius 3 is 2.56 bits per heavy atom. The molecule has 2 aromatic carbocycles. The molecule has 2 rings (SSSR count).